The molecule has 0 radical (unpaired) electrons. The fraction of sp³-hybridized carbons (Fsp3) is 0.200. The van der Waals surface area contributed by atoms with Gasteiger partial charge in [0.15, 0.2) is 0 Å². The number of aryl methyl sites for hydroxylation is 2. The monoisotopic (exact) mass is 572 g/mol. The summed E-state index contributed by atoms with van der Waals surface area (Å²) in [5.41, 5.74) is 5.51. The van der Waals surface area contributed by atoms with Gasteiger partial charge in [0.1, 0.15) is 0 Å². The van der Waals surface area contributed by atoms with Gasteiger partial charge in [0.05, 0.1) is 17.8 Å². The molecule has 0 amide bonds. The van der Waals surface area contributed by atoms with Crippen LogP contribution in [-0.2, 0) is 36.5 Å². The molecule has 4 aromatic rings. The molecule has 11 heteroatoms. The minimum Gasteiger partial charge on any atom is -0.550 e. The number of rotatable bonds is 8. The zero-order valence-corrected chi connectivity index (χ0v) is 25.7. The van der Waals surface area contributed by atoms with E-state index in [-0.39, 0.29) is 64.9 Å². The van der Waals surface area contributed by atoms with Crippen LogP contribution in [0.25, 0.3) is 0 Å². The molecule has 0 unspecified atom stereocenters. The van der Waals surface area contributed by atoms with E-state index >= 15 is 0 Å². The molecule has 0 aliphatic rings. The minimum atomic E-state index is -1.16. The van der Waals surface area contributed by atoms with Gasteiger partial charge in [-0.3, -0.25) is 14.4 Å². The Hall–Kier alpha value is -3.80. The third kappa shape index (κ3) is 9.66. The molecule has 0 aliphatic carbocycles. The van der Waals surface area contributed by atoms with Gasteiger partial charge in [0.2, 0.25) is 11.6 Å². The van der Waals surface area contributed by atoms with Gasteiger partial charge in [-0.2, -0.15) is 0 Å². The van der Waals surface area contributed by atoms with Crippen LogP contribution in [0, 0.1) is 13.8 Å². The van der Waals surface area contributed by atoms with Crippen LogP contribution in [0.3, 0.4) is 0 Å². The topological polar surface area (TPSA) is 184 Å². The van der Waals surface area contributed by atoms with E-state index in [0.717, 1.165) is 11.1 Å². The Bertz CT molecular complexity index is 1370. The molecule has 4 rings (SSSR count). The Balaban J connectivity index is 0.000000727. The van der Waals surface area contributed by atoms with Crippen molar-refractivity contribution in [2.45, 2.75) is 26.7 Å². The first-order chi connectivity index (χ1) is 18.0. The van der Waals surface area contributed by atoms with Crippen molar-refractivity contribution < 1.29 is 69.9 Å². The van der Waals surface area contributed by atoms with Crippen LogP contribution >= 0.6 is 0 Å². The molecule has 0 spiro atoms. The zero-order chi connectivity index (χ0) is 28.0. The van der Waals surface area contributed by atoms with Crippen LogP contribution in [0.15, 0.2) is 72.8 Å². The standard InChI is InChI=1S/2C15H15NO3.Na.2H2O/c2*1-10-3-5-11(6-4-10)15(19)13-8-7-12(16(13)2)9-14(17)18;;;/h2*3-8H,9H2,1-2H3,(H,17,18);;2*1H2/q;;+1;;/p-1. The Morgan fingerprint density at radius 2 is 0.976 bits per heavy atom. The van der Waals surface area contributed by atoms with Crippen LogP contribution in [0.2, 0.25) is 0 Å². The van der Waals surface area contributed by atoms with Crippen molar-refractivity contribution in [3.05, 3.63) is 118 Å². The molecule has 2 aromatic carbocycles. The normalized spacial score (nSPS) is 9.66. The summed E-state index contributed by atoms with van der Waals surface area (Å²) in [6.07, 6.45) is -0.282. The summed E-state index contributed by atoms with van der Waals surface area (Å²) in [7, 11) is 3.39. The van der Waals surface area contributed by atoms with Crippen molar-refractivity contribution >= 4 is 23.5 Å². The molecule has 2 aromatic heterocycles. The second-order valence-corrected chi connectivity index (χ2v) is 9.05. The number of benzene rings is 2. The average Bonchev–Trinajstić information content (AvgIpc) is 3.41. The second kappa shape index (κ2) is 16.5. The van der Waals surface area contributed by atoms with Gasteiger partial charge >= 0.3 is 35.5 Å². The van der Waals surface area contributed by atoms with Gasteiger partial charge in [-0.05, 0) is 38.1 Å². The number of hydrogen-bond acceptors (Lipinski definition) is 5. The van der Waals surface area contributed by atoms with E-state index in [1.54, 1.807) is 71.8 Å². The molecule has 41 heavy (non-hydrogen) atoms. The van der Waals surface area contributed by atoms with Gasteiger partial charge in [-0.1, -0.05) is 59.7 Å². The van der Waals surface area contributed by atoms with E-state index in [2.05, 4.69) is 0 Å². The first-order valence-electron chi connectivity index (χ1n) is 11.9. The zero-order valence-electron chi connectivity index (χ0n) is 23.7. The summed E-state index contributed by atoms with van der Waals surface area (Å²) in [6.45, 7) is 3.91. The molecular weight excluding hydrogens is 539 g/mol. The number of carboxylic acids is 2. The molecular formula is C30H33N2NaO8. The Labute approximate surface area is 260 Å². The van der Waals surface area contributed by atoms with E-state index in [4.69, 9.17) is 5.11 Å². The molecule has 0 saturated heterocycles. The quantitative estimate of drug-likeness (QED) is 0.196. The van der Waals surface area contributed by atoms with Crippen molar-refractivity contribution in [3.63, 3.8) is 0 Å². The van der Waals surface area contributed by atoms with Crippen molar-refractivity contribution in [3.8, 4) is 0 Å². The molecule has 0 bridgehead atoms. The molecule has 0 aliphatic heterocycles. The first-order valence-corrected chi connectivity index (χ1v) is 11.9. The Morgan fingerprint density at radius 3 is 1.29 bits per heavy atom. The number of aromatic nitrogens is 2. The number of hydrogen-bond donors (Lipinski definition) is 1. The van der Waals surface area contributed by atoms with Gasteiger partial charge < -0.3 is 35.1 Å². The number of carbonyl (C=O) groups excluding carboxylic acids is 3. The minimum absolute atomic E-state index is 0. The Morgan fingerprint density at radius 1 is 0.634 bits per heavy atom. The third-order valence-corrected chi connectivity index (χ3v) is 6.20. The second-order valence-electron chi connectivity index (χ2n) is 9.05. The van der Waals surface area contributed by atoms with Crippen molar-refractivity contribution in [1.82, 2.24) is 9.13 Å². The fourth-order valence-electron chi connectivity index (χ4n) is 3.93. The van der Waals surface area contributed by atoms with Gasteiger partial charge in [-0.15, -0.1) is 0 Å². The predicted molar refractivity (Wildman–Crippen MR) is 147 cm³/mol. The van der Waals surface area contributed by atoms with Gasteiger partial charge in [0, 0.05) is 49.0 Å². The Kier molecular flexibility index (Phi) is 14.9. The molecule has 10 nitrogen and oxygen atoms in total. The molecule has 0 atom stereocenters. The van der Waals surface area contributed by atoms with Crippen molar-refractivity contribution in [1.29, 1.82) is 0 Å². The number of nitrogens with zero attached hydrogens (tertiary/aromatic N) is 2. The maximum atomic E-state index is 12.3. The third-order valence-electron chi connectivity index (χ3n) is 6.20. The van der Waals surface area contributed by atoms with Gasteiger partial charge in [0.25, 0.3) is 0 Å². The number of carboxylic acid groups (broad SMARTS) is 2. The molecule has 5 N–H and O–H groups in total. The van der Waals surface area contributed by atoms with E-state index < -0.39 is 11.9 Å². The van der Waals surface area contributed by atoms with Crippen LogP contribution in [0.4, 0.5) is 0 Å². The summed E-state index contributed by atoms with van der Waals surface area (Å²) in [5, 5.41) is 19.4. The van der Waals surface area contributed by atoms with Crippen LogP contribution in [-0.4, -0.2) is 48.7 Å². The summed E-state index contributed by atoms with van der Waals surface area (Å²) in [5.74, 6) is -2.28. The first kappa shape index (κ1) is 37.2. The number of carbonyl (C=O) groups is 4. The maximum Gasteiger partial charge on any atom is 1.00 e. The smallest absolute Gasteiger partial charge is 0.550 e. The molecule has 2 heterocycles. The van der Waals surface area contributed by atoms with Crippen molar-refractivity contribution in [2.75, 3.05) is 0 Å². The van der Waals surface area contributed by atoms with E-state index in [1.807, 2.05) is 38.1 Å². The predicted octanol–water partition coefficient (Wildman–Crippen LogP) is -1.60. The fourth-order valence-corrected chi connectivity index (χ4v) is 3.93. The molecule has 0 fully saturated rings. The van der Waals surface area contributed by atoms with Crippen molar-refractivity contribution in [2.24, 2.45) is 14.1 Å². The summed E-state index contributed by atoms with van der Waals surface area (Å²) in [4.78, 5) is 45.9. The largest absolute Gasteiger partial charge is 1.00 e. The summed E-state index contributed by atoms with van der Waals surface area (Å²) >= 11 is 0. The molecule has 0 saturated carbocycles. The van der Waals surface area contributed by atoms with E-state index in [1.165, 1.54) is 0 Å². The van der Waals surface area contributed by atoms with Gasteiger partial charge in [-0.25, -0.2) is 0 Å². The summed E-state index contributed by atoms with van der Waals surface area (Å²) < 4.78 is 3.23. The van der Waals surface area contributed by atoms with E-state index in [0.29, 0.717) is 33.9 Å². The van der Waals surface area contributed by atoms with Crippen LogP contribution in [0.5, 0.6) is 0 Å². The average molecular weight is 573 g/mol. The maximum absolute atomic E-state index is 12.3. The SMILES string of the molecule is Cc1ccc(C(=O)c2ccc(CC(=O)O)n2C)cc1.Cc1ccc(C(=O)c2ccc(CC(=O)[O-])n2C)cc1.O.O.[Na+]. The molecule has 212 valence electrons. The van der Waals surface area contributed by atoms with E-state index in [9.17, 15) is 24.3 Å². The number of aliphatic carboxylic acids is 2. The van der Waals surface area contributed by atoms with Crippen LogP contribution < -0.4 is 34.7 Å². The summed E-state index contributed by atoms with van der Waals surface area (Å²) in [6, 6.07) is 21.2. The van der Waals surface area contributed by atoms with Crippen LogP contribution in [0.1, 0.15) is 54.6 Å². The number of ketones is 2.